The number of methoxy groups -OCH3 is 1. The average Bonchev–Trinajstić information content (AvgIpc) is 3.29. The van der Waals surface area contributed by atoms with E-state index in [1.807, 2.05) is 0 Å². The van der Waals surface area contributed by atoms with Crippen LogP contribution in [0.2, 0.25) is 0 Å². The third kappa shape index (κ3) is 9.00. The average molecular weight is 768 g/mol. The number of alkyl halides is 3. The molecule has 0 atom stereocenters. The normalized spacial score (nSPS) is 19.2. The van der Waals surface area contributed by atoms with Crippen LogP contribution in [0.25, 0.3) is 22.0 Å². The Morgan fingerprint density at radius 3 is 2.45 bits per heavy atom. The molecule has 1 aliphatic heterocycles. The summed E-state index contributed by atoms with van der Waals surface area (Å²) < 4.78 is 227. The summed E-state index contributed by atoms with van der Waals surface area (Å²) in [6.45, 7) is -0.718. The first-order chi connectivity index (χ1) is 32.8. The van der Waals surface area contributed by atoms with Crippen LogP contribution in [0, 0.1) is 18.6 Å². The van der Waals surface area contributed by atoms with Gasteiger partial charge in [-0.05, 0) is 66.2 Å². The molecular weight excluding hydrogens is 710 g/mol. The summed E-state index contributed by atoms with van der Waals surface area (Å²) in [4.78, 5) is 31.8. The number of benzene rings is 4. The van der Waals surface area contributed by atoms with Crippen LogP contribution in [-0.2, 0) is 34.6 Å². The molecule has 0 aliphatic carbocycles. The standard InChI is InChI=1S/C41H40F5N3O3S/c1-27-22-30(14-15-34(27)41(44,45)46)29-12-10-28(11-13-29)24-48(32-16-18-47(19-17-32)20-21-52-2)38(51)25-49-36-9-4-3-7-33(36)37(50)23-39(49)53-26-31-6-5-8-35(42)40(31)43/h3-15,22-23,32H,16-21,24-26H2,1-2H3/i2D3,3D,4D,5D,6D,7D,8D,9D,10D,11D,12D,13D,14D,15D,22D,23D. The molecule has 53 heavy (non-hydrogen) atoms. The van der Waals surface area contributed by atoms with E-state index in [0.717, 1.165) is 16.4 Å². The molecule has 0 unspecified atom stereocenters. The fraction of sp³-hybridized carbons (Fsp3) is 0.317. The fourth-order valence-corrected chi connectivity index (χ4v) is 6.76. The van der Waals surface area contributed by atoms with Gasteiger partial charge in [-0.1, -0.05) is 60.4 Å². The summed E-state index contributed by atoms with van der Waals surface area (Å²) in [6, 6.07) is -15.9. The number of pyridine rings is 1. The number of para-hydroxylation sites is 1. The van der Waals surface area contributed by atoms with Gasteiger partial charge < -0.3 is 19.1 Å². The van der Waals surface area contributed by atoms with Crippen LogP contribution >= 0.6 is 11.8 Å². The highest BCUT2D eigenvalue weighted by Crippen LogP contribution is 2.34. The van der Waals surface area contributed by atoms with Gasteiger partial charge in [-0.2, -0.15) is 13.2 Å². The lowest BCUT2D eigenvalue weighted by atomic mass is 9.98. The first-order valence-electron chi connectivity index (χ1n) is 25.0. The topological polar surface area (TPSA) is 54.8 Å². The van der Waals surface area contributed by atoms with E-state index in [-0.39, 0.29) is 39.1 Å². The SMILES string of the molecule is [2H]c1c([2H])c(F)c(F)c(CSc2c([2H])c(=O)c3c([2H])c([2H])c([2H])c([2H])c3n2CC(=O)N(Cc2c([2H])c([2H])c(-c3c([2H])c([2H])c(C(F)(F)F)c(C)c3[2H])c([2H])c2[2H])C2CCN(CCOC([2H])([2H])[2H])CC2)c1[2H]. The van der Waals surface area contributed by atoms with Crippen molar-refractivity contribution in [2.45, 2.75) is 55.9 Å². The Labute approximate surface area is 334 Å². The number of likely N-dealkylation sites (tertiary alicyclic amines) is 1. The number of amides is 1. The summed E-state index contributed by atoms with van der Waals surface area (Å²) >= 11 is 0.356. The molecular formula is C41H40F5N3O3S. The number of thioether (sulfide) groups is 1. The molecule has 1 amide bonds. The molecule has 12 heteroatoms. The Balaban J connectivity index is 1.52. The molecule has 0 saturated carbocycles. The molecule has 1 aliphatic rings. The van der Waals surface area contributed by atoms with E-state index in [1.165, 1.54) is 0 Å². The molecule has 6 nitrogen and oxygen atoms in total. The van der Waals surface area contributed by atoms with Gasteiger partial charge in [0.2, 0.25) is 5.91 Å². The van der Waals surface area contributed by atoms with E-state index in [4.69, 9.17) is 29.4 Å². The Kier molecular flexibility index (Phi) is 6.72. The summed E-state index contributed by atoms with van der Waals surface area (Å²) in [7, 11) is -2.69. The third-order valence-corrected chi connectivity index (χ3v) is 9.52. The van der Waals surface area contributed by atoms with Crippen molar-refractivity contribution in [3.63, 3.8) is 0 Å². The van der Waals surface area contributed by atoms with Crippen molar-refractivity contribution in [1.29, 1.82) is 0 Å². The number of piperidine rings is 1. The van der Waals surface area contributed by atoms with E-state index < -0.39 is 201 Å². The molecule has 1 aromatic heterocycles. The lowest BCUT2D eigenvalue weighted by Gasteiger charge is -2.39. The predicted molar refractivity (Wildman–Crippen MR) is 198 cm³/mol. The van der Waals surface area contributed by atoms with Gasteiger partial charge in [-0.3, -0.25) is 9.59 Å². The quantitative estimate of drug-likeness (QED) is 0.0940. The Hall–Kier alpha value is -4.52. The Bertz CT molecular complexity index is 2990. The van der Waals surface area contributed by atoms with Crippen molar-refractivity contribution >= 4 is 28.6 Å². The monoisotopic (exact) mass is 767 g/mol. The number of rotatable bonds is 12. The summed E-state index contributed by atoms with van der Waals surface area (Å²) in [6.07, 6.45) is -5.01. The van der Waals surface area contributed by atoms with Crippen LogP contribution in [0.1, 0.15) is 59.8 Å². The van der Waals surface area contributed by atoms with E-state index in [2.05, 4.69) is 0 Å². The molecule has 0 N–H and O–H groups in total. The number of hydrogen-bond acceptors (Lipinski definition) is 5. The molecule has 1 saturated heterocycles. The molecule has 6 rings (SSSR count). The molecule has 278 valence electrons. The number of carbonyl (C=O) groups is 1. The first-order valence-corrected chi connectivity index (χ1v) is 17.0. The van der Waals surface area contributed by atoms with Crippen LogP contribution in [0.5, 0.6) is 0 Å². The second-order valence-electron chi connectivity index (χ2n) is 11.9. The van der Waals surface area contributed by atoms with Crippen LogP contribution in [0.3, 0.4) is 0 Å². The van der Waals surface area contributed by atoms with Crippen molar-refractivity contribution in [2.24, 2.45) is 0 Å². The van der Waals surface area contributed by atoms with Crippen molar-refractivity contribution in [3.05, 3.63) is 135 Å². The Morgan fingerprint density at radius 2 is 1.72 bits per heavy atom. The molecule has 1 fully saturated rings. The highest BCUT2D eigenvalue weighted by Gasteiger charge is 2.32. The minimum absolute atomic E-state index is 0.0790. The number of halogens is 5. The summed E-state index contributed by atoms with van der Waals surface area (Å²) in [5, 5.41) is -1.33. The van der Waals surface area contributed by atoms with Gasteiger partial charge in [0, 0.05) is 62.0 Å². The minimum Gasteiger partial charge on any atom is -0.383 e. The number of nitrogens with zero attached hydrogens (tertiary/aromatic N) is 3. The molecule has 5 aromatic rings. The van der Waals surface area contributed by atoms with Gasteiger partial charge in [-0.25, -0.2) is 8.78 Å². The highest BCUT2D eigenvalue weighted by molar-refractivity contribution is 7.98. The van der Waals surface area contributed by atoms with Gasteiger partial charge in [0.15, 0.2) is 17.1 Å². The van der Waals surface area contributed by atoms with E-state index in [0.29, 0.717) is 11.8 Å². The maximum absolute atomic E-state index is 15.3. The van der Waals surface area contributed by atoms with E-state index in [1.54, 1.807) is 4.90 Å². The maximum atomic E-state index is 15.3. The molecule has 4 aromatic carbocycles. The first kappa shape index (κ1) is 21.4. The predicted octanol–water partition coefficient (Wildman–Crippen LogP) is 8.71. The molecule has 2 heterocycles. The van der Waals surface area contributed by atoms with Gasteiger partial charge >= 0.3 is 6.18 Å². The second kappa shape index (κ2) is 16.7. The summed E-state index contributed by atoms with van der Waals surface area (Å²) in [5.74, 6) is -5.33. The van der Waals surface area contributed by atoms with Crippen LogP contribution in [-0.4, -0.2) is 59.6 Å². The van der Waals surface area contributed by atoms with Crippen molar-refractivity contribution in [1.82, 2.24) is 14.4 Å². The van der Waals surface area contributed by atoms with Crippen molar-refractivity contribution in [3.8, 4) is 11.1 Å². The van der Waals surface area contributed by atoms with Crippen molar-refractivity contribution < 1.29 is 56.2 Å². The number of ether oxygens (including phenoxy) is 1. The Morgan fingerprint density at radius 1 is 0.981 bits per heavy atom. The van der Waals surface area contributed by atoms with E-state index >= 15 is 9.18 Å². The zero-order chi connectivity index (χ0) is 53.3. The van der Waals surface area contributed by atoms with E-state index in [9.17, 15) is 22.4 Å². The lowest BCUT2D eigenvalue weighted by molar-refractivity contribution is -0.138. The minimum atomic E-state index is -5.17. The number of hydrogen-bond donors (Lipinski definition) is 0. The second-order valence-corrected chi connectivity index (χ2v) is 12.8. The number of carbonyl (C=O) groups excluding carboxylic acids is 1. The largest absolute Gasteiger partial charge is 0.416 e. The fourth-order valence-electron chi connectivity index (χ4n) is 5.81. The summed E-state index contributed by atoms with van der Waals surface area (Å²) in [5.41, 5.74) is -7.21. The van der Waals surface area contributed by atoms with Crippen LogP contribution in [0.15, 0.2) is 100 Å². The molecule has 0 spiro atoms. The maximum Gasteiger partial charge on any atom is 0.416 e. The lowest BCUT2D eigenvalue weighted by Crippen LogP contribution is -2.48. The highest BCUT2D eigenvalue weighted by atomic mass is 32.2. The zero-order valence-corrected chi connectivity index (χ0v) is 28.6. The van der Waals surface area contributed by atoms with Crippen LogP contribution < -0.4 is 5.43 Å². The van der Waals surface area contributed by atoms with Gasteiger partial charge in [0.05, 0.1) is 47.4 Å². The smallest absolute Gasteiger partial charge is 0.383 e. The number of fused-ring (bicyclic) bond motifs is 1. The number of aromatic nitrogens is 1. The van der Waals surface area contributed by atoms with Gasteiger partial charge in [0.1, 0.15) is 6.54 Å². The zero-order valence-electron chi connectivity index (χ0n) is 45.8. The van der Waals surface area contributed by atoms with Crippen LogP contribution in [0.4, 0.5) is 22.0 Å². The van der Waals surface area contributed by atoms with Crippen molar-refractivity contribution in [2.75, 3.05) is 33.3 Å². The van der Waals surface area contributed by atoms with Gasteiger partial charge in [0.25, 0.3) is 0 Å². The molecule has 0 bridgehead atoms. The van der Waals surface area contributed by atoms with Gasteiger partial charge in [-0.15, -0.1) is 11.8 Å². The third-order valence-electron chi connectivity index (χ3n) is 8.49. The molecule has 0 radical (unpaired) electrons.